The van der Waals surface area contributed by atoms with Crippen molar-refractivity contribution in [3.8, 4) is 0 Å². The molecule has 0 aliphatic heterocycles. The Kier molecular flexibility index (Phi) is 4.29. The minimum absolute atomic E-state index is 0.0799. The minimum Gasteiger partial charge on any atom is -0.461 e. The van der Waals surface area contributed by atoms with Gasteiger partial charge in [-0.1, -0.05) is 37.3 Å². The first-order valence-corrected chi connectivity index (χ1v) is 8.11. The van der Waals surface area contributed by atoms with Crippen LogP contribution in [0.15, 0.2) is 30.3 Å². The van der Waals surface area contributed by atoms with Gasteiger partial charge < -0.3 is 10.1 Å². The quantitative estimate of drug-likeness (QED) is 0.746. The van der Waals surface area contributed by atoms with Crippen LogP contribution in [0.1, 0.15) is 38.2 Å². The van der Waals surface area contributed by atoms with Gasteiger partial charge in [-0.25, -0.2) is 0 Å². The fourth-order valence-electron chi connectivity index (χ4n) is 3.08. The minimum atomic E-state index is -0.109. The lowest BCUT2D eigenvalue weighted by atomic mass is 10.0. The normalized spacial score (nSPS) is 20.8. The second-order valence-corrected chi connectivity index (χ2v) is 6.76. The predicted molar refractivity (Wildman–Crippen MR) is 82.7 cm³/mol. The molecule has 114 valence electrons. The second-order valence-electron chi connectivity index (χ2n) is 6.76. The number of carbonyl (C=O) groups is 1. The van der Waals surface area contributed by atoms with Crippen molar-refractivity contribution in [3.05, 3.63) is 35.9 Å². The molecule has 3 nitrogen and oxygen atoms in total. The first-order chi connectivity index (χ1) is 10.2. The fourth-order valence-corrected chi connectivity index (χ4v) is 3.08. The van der Waals surface area contributed by atoms with E-state index in [4.69, 9.17) is 4.74 Å². The Morgan fingerprint density at radius 3 is 2.67 bits per heavy atom. The predicted octanol–water partition coefficient (Wildman–Crippen LogP) is 3.15. The first kappa shape index (κ1) is 14.6. The van der Waals surface area contributed by atoms with Gasteiger partial charge in [-0.05, 0) is 42.6 Å². The molecule has 2 aliphatic rings. The van der Waals surface area contributed by atoms with Gasteiger partial charge in [-0.15, -0.1) is 0 Å². The third kappa shape index (κ3) is 3.85. The van der Waals surface area contributed by atoms with Crippen molar-refractivity contribution < 1.29 is 9.53 Å². The van der Waals surface area contributed by atoms with Crippen LogP contribution >= 0.6 is 0 Å². The number of hydrogen-bond donors (Lipinski definition) is 1. The smallest absolute Gasteiger partial charge is 0.310 e. The standard InChI is InChI=1S/C18H25NO2/c1-14(11-19-13-18(9-10-18)16-7-8-16)17(20)21-12-15-5-3-2-4-6-15/h2-6,14,16,19H,7-13H2,1H3. The van der Waals surface area contributed by atoms with Crippen LogP contribution in [-0.4, -0.2) is 19.1 Å². The molecule has 2 saturated carbocycles. The molecule has 0 spiro atoms. The Bertz CT molecular complexity index is 477. The van der Waals surface area contributed by atoms with Gasteiger partial charge in [0.05, 0.1) is 5.92 Å². The topological polar surface area (TPSA) is 38.3 Å². The Morgan fingerprint density at radius 2 is 2.05 bits per heavy atom. The number of hydrogen-bond acceptors (Lipinski definition) is 3. The van der Waals surface area contributed by atoms with Gasteiger partial charge in [0, 0.05) is 13.1 Å². The van der Waals surface area contributed by atoms with Crippen molar-refractivity contribution in [1.29, 1.82) is 0 Å². The van der Waals surface area contributed by atoms with E-state index in [1.54, 1.807) is 0 Å². The Labute approximate surface area is 127 Å². The lowest BCUT2D eigenvalue weighted by molar-refractivity contribution is -0.149. The Balaban J connectivity index is 1.34. The summed E-state index contributed by atoms with van der Waals surface area (Å²) in [6.45, 7) is 4.11. The van der Waals surface area contributed by atoms with Crippen LogP contribution in [0.25, 0.3) is 0 Å². The molecule has 1 atom stereocenters. The maximum Gasteiger partial charge on any atom is 0.310 e. The molecule has 0 radical (unpaired) electrons. The van der Waals surface area contributed by atoms with Crippen LogP contribution in [-0.2, 0) is 16.1 Å². The summed E-state index contributed by atoms with van der Waals surface area (Å²) in [6, 6.07) is 9.83. The lowest BCUT2D eigenvalue weighted by Crippen LogP contribution is -2.32. The zero-order valence-corrected chi connectivity index (χ0v) is 12.8. The summed E-state index contributed by atoms with van der Waals surface area (Å²) in [5.41, 5.74) is 1.63. The van der Waals surface area contributed by atoms with Crippen molar-refractivity contribution in [2.75, 3.05) is 13.1 Å². The van der Waals surface area contributed by atoms with Gasteiger partial charge in [0.15, 0.2) is 0 Å². The van der Waals surface area contributed by atoms with E-state index in [0.717, 1.165) is 24.6 Å². The average molecular weight is 287 g/mol. The summed E-state index contributed by atoms with van der Waals surface area (Å²) in [5.74, 6) is 0.775. The van der Waals surface area contributed by atoms with E-state index >= 15 is 0 Å². The third-order valence-corrected chi connectivity index (χ3v) is 4.89. The first-order valence-electron chi connectivity index (χ1n) is 8.11. The van der Waals surface area contributed by atoms with Crippen molar-refractivity contribution >= 4 is 5.97 Å². The largest absolute Gasteiger partial charge is 0.461 e. The molecule has 0 saturated heterocycles. The molecule has 2 fully saturated rings. The average Bonchev–Trinajstić information content (AvgIpc) is 3.38. The van der Waals surface area contributed by atoms with Crippen LogP contribution in [0.3, 0.4) is 0 Å². The van der Waals surface area contributed by atoms with Crippen molar-refractivity contribution in [1.82, 2.24) is 5.32 Å². The highest BCUT2D eigenvalue weighted by Crippen LogP contribution is 2.60. The molecule has 0 amide bonds. The van der Waals surface area contributed by atoms with Crippen LogP contribution in [0.2, 0.25) is 0 Å². The SMILES string of the molecule is CC(CNCC1(C2CC2)CC1)C(=O)OCc1ccccc1. The molecule has 1 unspecified atom stereocenters. The highest BCUT2D eigenvalue weighted by molar-refractivity contribution is 5.72. The van der Waals surface area contributed by atoms with Crippen molar-refractivity contribution in [2.45, 2.75) is 39.2 Å². The number of ether oxygens (including phenoxy) is 1. The summed E-state index contributed by atoms with van der Waals surface area (Å²) in [4.78, 5) is 12.0. The van der Waals surface area contributed by atoms with Crippen LogP contribution < -0.4 is 5.32 Å². The van der Waals surface area contributed by atoms with E-state index in [9.17, 15) is 4.79 Å². The summed E-state index contributed by atoms with van der Waals surface area (Å²) in [5, 5.41) is 3.49. The van der Waals surface area contributed by atoms with Crippen molar-refractivity contribution in [3.63, 3.8) is 0 Å². The molecule has 0 aromatic heterocycles. The molecule has 21 heavy (non-hydrogen) atoms. The van der Waals surface area contributed by atoms with E-state index < -0.39 is 0 Å². The van der Waals surface area contributed by atoms with Gasteiger partial charge >= 0.3 is 5.97 Å². The maximum atomic E-state index is 12.0. The molecule has 3 rings (SSSR count). The van der Waals surface area contributed by atoms with E-state index in [1.165, 1.54) is 25.7 Å². The zero-order valence-electron chi connectivity index (χ0n) is 12.8. The van der Waals surface area contributed by atoms with Crippen molar-refractivity contribution in [2.24, 2.45) is 17.3 Å². The van der Waals surface area contributed by atoms with Crippen LogP contribution in [0.4, 0.5) is 0 Å². The van der Waals surface area contributed by atoms with E-state index in [1.807, 2.05) is 37.3 Å². The molecule has 1 aromatic rings. The van der Waals surface area contributed by atoms with Gasteiger partial charge in [-0.2, -0.15) is 0 Å². The van der Waals surface area contributed by atoms with Crippen LogP contribution in [0.5, 0.6) is 0 Å². The lowest BCUT2D eigenvalue weighted by Gasteiger charge is -2.17. The molecule has 1 N–H and O–H groups in total. The molecule has 3 heteroatoms. The van der Waals surface area contributed by atoms with E-state index in [0.29, 0.717) is 12.0 Å². The molecule has 0 bridgehead atoms. The van der Waals surface area contributed by atoms with Gasteiger partial charge in [0.1, 0.15) is 6.61 Å². The fraction of sp³-hybridized carbons (Fsp3) is 0.611. The summed E-state index contributed by atoms with van der Waals surface area (Å²) in [7, 11) is 0. The molecule has 0 heterocycles. The van der Waals surface area contributed by atoms with E-state index in [-0.39, 0.29) is 11.9 Å². The second kappa shape index (κ2) is 6.18. The summed E-state index contributed by atoms with van der Waals surface area (Å²) in [6.07, 6.45) is 5.57. The summed E-state index contributed by atoms with van der Waals surface area (Å²) >= 11 is 0. The van der Waals surface area contributed by atoms with E-state index in [2.05, 4.69) is 5.32 Å². The number of benzene rings is 1. The molecule has 2 aliphatic carbocycles. The highest BCUT2D eigenvalue weighted by atomic mass is 16.5. The summed E-state index contributed by atoms with van der Waals surface area (Å²) < 4.78 is 5.37. The number of carbonyl (C=O) groups excluding carboxylic acids is 1. The number of esters is 1. The zero-order chi connectivity index (χ0) is 14.7. The van der Waals surface area contributed by atoms with Gasteiger partial charge in [0.25, 0.3) is 0 Å². The maximum absolute atomic E-state index is 12.0. The third-order valence-electron chi connectivity index (χ3n) is 4.89. The van der Waals surface area contributed by atoms with Gasteiger partial charge in [-0.3, -0.25) is 4.79 Å². The molecular formula is C18H25NO2. The van der Waals surface area contributed by atoms with Crippen LogP contribution in [0, 0.1) is 17.3 Å². The highest BCUT2D eigenvalue weighted by Gasteiger charge is 2.53. The van der Waals surface area contributed by atoms with Gasteiger partial charge in [0.2, 0.25) is 0 Å². The molecule has 1 aromatic carbocycles. The number of rotatable bonds is 8. The Hall–Kier alpha value is -1.35. The molecular weight excluding hydrogens is 262 g/mol. The Morgan fingerprint density at radius 1 is 1.33 bits per heavy atom. The monoisotopic (exact) mass is 287 g/mol. The number of nitrogens with one attached hydrogen (secondary N) is 1.